The zero-order valence-corrected chi connectivity index (χ0v) is 17.3. The van der Waals surface area contributed by atoms with Gasteiger partial charge < -0.3 is 19.7 Å². The van der Waals surface area contributed by atoms with E-state index in [2.05, 4.69) is 15.3 Å². The van der Waals surface area contributed by atoms with Gasteiger partial charge in [-0.2, -0.15) is 0 Å². The number of nitrogens with zero attached hydrogens (tertiary/aromatic N) is 2. The second-order valence-corrected chi connectivity index (χ2v) is 10.8. The largest absolute Gasteiger partial charge is 0.490 e. The standard InChI is InChI=1S/C20H20N3O3PS/c1-27(2,25)19-10-14-15(5-6-21-16(14)11-18(19)26-8-7-24)23-13-3-4-20-17(9-13)22-12-28-20/h3-6,9-12,24H,7-8H2,1-2H3,(H,21,23). The second-order valence-electron chi connectivity index (χ2n) is 6.78. The van der Waals surface area contributed by atoms with Crippen LogP contribution < -0.4 is 15.4 Å². The molecule has 0 unspecified atom stereocenters. The monoisotopic (exact) mass is 413 g/mol. The number of aliphatic hydroxyl groups is 1. The number of fused-ring (bicyclic) bond motifs is 2. The van der Waals surface area contributed by atoms with Gasteiger partial charge in [-0.05, 0) is 43.7 Å². The van der Waals surface area contributed by atoms with Crippen LogP contribution >= 0.6 is 18.5 Å². The van der Waals surface area contributed by atoms with E-state index in [1.54, 1.807) is 36.9 Å². The summed E-state index contributed by atoms with van der Waals surface area (Å²) in [6.07, 6.45) is 1.72. The lowest BCUT2D eigenvalue weighted by molar-refractivity contribution is 0.202. The van der Waals surface area contributed by atoms with Crippen molar-refractivity contribution in [1.82, 2.24) is 9.97 Å². The number of aromatic nitrogens is 2. The van der Waals surface area contributed by atoms with E-state index in [0.29, 0.717) is 11.1 Å². The first-order valence-electron chi connectivity index (χ1n) is 8.78. The first-order valence-corrected chi connectivity index (χ1v) is 12.3. The number of anilines is 2. The highest BCUT2D eigenvalue weighted by Crippen LogP contribution is 2.41. The predicted octanol–water partition coefficient (Wildman–Crippen LogP) is 4.21. The molecule has 0 atom stereocenters. The van der Waals surface area contributed by atoms with Crippen LogP contribution in [0.4, 0.5) is 11.4 Å². The lowest BCUT2D eigenvalue weighted by atomic mass is 10.1. The van der Waals surface area contributed by atoms with Crippen LogP contribution in [0, 0.1) is 0 Å². The molecule has 0 radical (unpaired) electrons. The molecule has 8 heteroatoms. The highest BCUT2D eigenvalue weighted by molar-refractivity contribution is 7.70. The summed E-state index contributed by atoms with van der Waals surface area (Å²) in [6.45, 7) is 3.45. The molecule has 144 valence electrons. The van der Waals surface area contributed by atoms with Gasteiger partial charge in [-0.3, -0.25) is 4.98 Å². The van der Waals surface area contributed by atoms with E-state index in [1.165, 1.54) is 0 Å². The van der Waals surface area contributed by atoms with Gasteiger partial charge in [0.15, 0.2) is 0 Å². The van der Waals surface area contributed by atoms with Crippen LogP contribution in [0.2, 0.25) is 0 Å². The van der Waals surface area contributed by atoms with Gasteiger partial charge in [-0.15, -0.1) is 11.3 Å². The molecule has 2 aromatic carbocycles. The Hall–Kier alpha value is -2.47. The molecule has 0 bridgehead atoms. The maximum Gasteiger partial charge on any atom is 0.132 e. The molecule has 28 heavy (non-hydrogen) atoms. The molecule has 0 amide bonds. The van der Waals surface area contributed by atoms with Crippen LogP contribution in [0.5, 0.6) is 5.75 Å². The average molecular weight is 413 g/mol. The molecule has 0 spiro atoms. The van der Waals surface area contributed by atoms with Crippen molar-refractivity contribution < 1.29 is 14.4 Å². The van der Waals surface area contributed by atoms with Gasteiger partial charge in [0.2, 0.25) is 0 Å². The quantitative estimate of drug-likeness (QED) is 0.461. The van der Waals surface area contributed by atoms with Gasteiger partial charge in [-0.25, -0.2) is 4.98 Å². The third kappa shape index (κ3) is 3.74. The van der Waals surface area contributed by atoms with Crippen LogP contribution in [0.3, 0.4) is 0 Å². The first-order chi connectivity index (χ1) is 13.5. The van der Waals surface area contributed by atoms with Crippen molar-refractivity contribution in [2.45, 2.75) is 0 Å². The molecule has 2 aromatic heterocycles. The molecule has 0 saturated heterocycles. The highest BCUT2D eigenvalue weighted by atomic mass is 32.1. The lowest BCUT2D eigenvalue weighted by Gasteiger charge is -2.17. The van der Waals surface area contributed by atoms with E-state index in [9.17, 15) is 4.57 Å². The topological polar surface area (TPSA) is 84.3 Å². The van der Waals surface area contributed by atoms with E-state index in [1.807, 2.05) is 35.8 Å². The maximum absolute atomic E-state index is 12.8. The molecule has 4 aromatic rings. The smallest absolute Gasteiger partial charge is 0.132 e. The zero-order chi connectivity index (χ0) is 19.7. The summed E-state index contributed by atoms with van der Waals surface area (Å²) >= 11 is 1.61. The normalized spacial score (nSPS) is 11.8. The minimum atomic E-state index is -2.60. The number of hydrogen-bond acceptors (Lipinski definition) is 7. The molecule has 0 saturated carbocycles. The molecule has 2 N–H and O–H groups in total. The fraction of sp³-hybridized carbons (Fsp3) is 0.200. The van der Waals surface area contributed by atoms with Gasteiger partial charge in [0.25, 0.3) is 0 Å². The molecular formula is C20H20N3O3PS. The van der Waals surface area contributed by atoms with Crippen molar-refractivity contribution in [3.63, 3.8) is 0 Å². The van der Waals surface area contributed by atoms with Crippen molar-refractivity contribution >= 4 is 56.3 Å². The van der Waals surface area contributed by atoms with Crippen molar-refractivity contribution in [2.75, 3.05) is 31.9 Å². The van der Waals surface area contributed by atoms with Gasteiger partial charge in [0.05, 0.1) is 33.2 Å². The molecule has 0 fully saturated rings. The summed E-state index contributed by atoms with van der Waals surface area (Å²) < 4.78 is 19.6. The minimum absolute atomic E-state index is 0.108. The molecule has 2 heterocycles. The SMILES string of the molecule is CP(C)(=O)c1cc2c(Nc3ccc4scnc4c3)ccnc2cc1OCCO. The number of aliphatic hydroxyl groups excluding tert-OH is 1. The fourth-order valence-corrected chi connectivity index (χ4v) is 4.81. The molecule has 0 aliphatic carbocycles. The van der Waals surface area contributed by atoms with E-state index < -0.39 is 7.14 Å². The Morgan fingerprint density at radius 1 is 1.14 bits per heavy atom. The van der Waals surface area contributed by atoms with Gasteiger partial charge in [0, 0.05) is 29.0 Å². The van der Waals surface area contributed by atoms with Crippen LogP contribution in [-0.4, -0.2) is 41.6 Å². The number of benzene rings is 2. The van der Waals surface area contributed by atoms with Crippen LogP contribution in [-0.2, 0) is 4.57 Å². The minimum Gasteiger partial charge on any atom is -0.490 e. The van der Waals surface area contributed by atoms with E-state index in [0.717, 1.165) is 32.5 Å². The number of thiazole rings is 1. The van der Waals surface area contributed by atoms with E-state index >= 15 is 0 Å². The molecule has 4 rings (SSSR count). The van der Waals surface area contributed by atoms with E-state index in [-0.39, 0.29) is 13.2 Å². The second kappa shape index (κ2) is 7.51. The number of hydrogen-bond donors (Lipinski definition) is 2. The lowest BCUT2D eigenvalue weighted by Crippen LogP contribution is -2.12. The van der Waals surface area contributed by atoms with Gasteiger partial charge >= 0.3 is 0 Å². The van der Waals surface area contributed by atoms with Crippen LogP contribution in [0.1, 0.15) is 0 Å². The Morgan fingerprint density at radius 2 is 2.00 bits per heavy atom. The van der Waals surface area contributed by atoms with Crippen molar-refractivity contribution in [3.8, 4) is 5.75 Å². The zero-order valence-electron chi connectivity index (χ0n) is 15.5. The van der Waals surface area contributed by atoms with Crippen LogP contribution in [0.25, 0.3) is 21.1 Å². The summed E-state index contributed by atoms with van der Waals surface area (Å²) in [5.74, 6) is 0.503. The first kappa shape index (κ1) is 18.9. The van der Waals surface area contributed by atoms with Gasteiger partial charge in [0.1, 0.15) is 19.5 Å². The predicted molar refractivity (Wildman–Crippen MR) is 116 cm³/mol. The summed E-state index contributed by atoms with van der Waals surface area (Å²) in [7, 11) is -2.60. The number of pyridine rings is 1. The molecule has 6 nitrogen and oxygen atoms in total. The third-order valence-electron chi connectivity index (χ3n) is 4.36. The highest BCUT2D eigenvalue weighted by Gasteiger charge is 2.20. The Kier molecular flexibility index (Phi) is 5.06. The maximum atomic E-state index is 12.8. The molecular weight excluding hydrogens is 393 g/mol. The summed E-state index contributed by atoms with van der Waals surface area (Å²) in [5, 5.41) is 14.0. The molecule has 0 aliphatic heterocycles. The number of ether oxygens (including phenoxy) is 1. The Labute approximate surface area is 166 Å². The Balaban J connectivity index is 1.81. The van der Waals surface area contributed by atoms with E-state index in [4.69, 9.17) is 9.84 Å². The van der Waals surface area contributed by atoms with Crippen LogP contribution in [0.15, 0.2) is 48.1 Å². The van der Waals surface area contributed by atoms with Crippen molar-refractivity contribution in [2.24, 2.45) is 0 Å². The Bertz CT molecular complexity index is 1200. The Morgan fingerprint density at radius 3 is 2.79 bits per heavy atom. The summed E-state index contributed by atoms with van der Waals surface area (Å²) in [5.41, 5.74) is 5.29. The van der Waals surface area contributed by atoms with Crippen molar-refractivity contribution in [3.05, 3.63) is 48.1 Å². The molecule has 0 aliphatic rings. The fourth-order valence-electron chi connectivity index (χ4n) is 3.05. The third-order valence-corrected chi connectivity index (χ3v) is 6.68. The summed E-state index contributed by atoms with van der Waals surface area (Å²) in [4.78, 5) is 8.80. The van der Waals surface area contributed by atoms with Crippen molar-refractivity contribution in [1.29, 1.82) is 0 Å². The summed E-state index contributed by atoms with van der Waals surface area (Å²) in [6, 6.07) is 11.6. The number of rotatable bonds is 6. The van der Waals surface area contributed by atoms with Gasteiger partial charge in [-0.1, -0.05) is 0 Å². The number of nitrogens with one attached hydrogen (secondary N) is 1. The average Bonchev–Trinajstić information content (AvgIpc) is 3.13.